The van der Waals surface area contributed by atoms with E-state index in [1.54, 1.807) is 0 Å². The average Bonchev–Trinajstić information content (AvgIpc) is 2.28. The van der Waals surface area contributed by atoms with Crippen LogP contribution in [-0.4, -0.2) is 14.5 Å². The van der Waals surface area contributed by atoms with Gasteiger partial charge in [-0.05, 0) is 24.4 Å². The Balaban J connectivity index is 2.47. The summed E-state index contributed by atoms with van der Waals surface area (Å²) >= 11 is 4.89. The molecule has 0 unspecified atom stereocenters. The van der Waals surface area contributed by atoms with Crippen molar-refractivity contribution in [3.63, 3.8) is 0 Å². The summed E-state index contributed by atoms with van der Waals surface area (Å²) in [4.78, 5) is 16.6. The largest absolute Gasteiger partial charge is 0.433 e. The Morgan fingerprint density at radius 3 is 2.50 bits per heavy atom. The number of rotatable bonds is 1. The van der Waals surface area contributed by atoms with Crippen LogP contribution in [-0.2, 0) is 6.18 Å². The first-order valence-corrected chi connectivity index (χ1v) is 5.14. The third-order valence-electron chi connectivity index (χ3n) is 2.14. The summed E-state index contributed by atoms with van der Waals surface area (Å²) in [6.07, 6.45) is -2.08. The van der Waals surface area contributed by atoms with Gasteiger partial charge >= 0.3 is 6.18 Å². The molecule has 0 radical (unpaired) electrons. The molecule has 2 aromatic rings. The van der Waals surface area contributed by atoms with Crippen molar-refractivity contribution in [2.75, 3.05) is 0 Å². The molecule has 0 aliphatic heterocycles. The minimum atomic E-state index is -4.48. The van der Waals surface area contributed by atoms with E-state index >= 15 is 0 Å². The third-order valence-corrected chi connectivity index (χ3v) is 2.44. The number of pyridine rings is 1. The third kappa shape index (κ3) is 2.48. The molecule has 0 amide bonds. The van der Waals surface area contributed by atoms with Crippen LogP contribution < -0.4 is 5.56 Å². The SMILES string of the molecule is O=c1ccn(-c2ccc(C(F)(F)F)nc2)c(=S)[nH]1. The normalized spacial score (nSPS) is 11.5. The topological polar surface area (TPSA) is 50.7 Å². The lowest BCUT2D eigenvalue weighted by atomic mass is 10.3. The van der Waals surface area contributed by atoms with Gasteiger partial charge in [0.1, 0.15) is 5.69 Å². The predicted molar refractivity (Wildman–Crippen MR) is 60.0 cm³/mol. The van der Waals surface area contributed by atoms with Gasteiger partial charge in [0.2, 0.25) is 0 Å². The smallest absolute Gasteiger partial charge is 0.299 e. The van der Waals surface area contributed by atoms with Crippen molar-refractivity contribution < 1.29 is 13.2 Å². The van der Waals surface area contributed by atoms with Crippen molar-refractivity contribution >= 4 is 12.2 Å². The summed E-state index contributed by atoms with van der Waals surface area (Å²) < 4.78 is 38.4. The van der Waals surface area contributed by atoms with Gasteiger partial charge in [0.05, 0.1) is 11.9 Å². The predicted octanol–water partition coefficient (Wildman–Crippen LogP) is 2.31. The van der Waals surface area contributed by atoms with Gasteiger partial charge in [-0.25, -0.2) is 4.98 Å². The molecule has 0 aromatic carbocycles. The Kier molecular flexibility index (Phi) is 3.04. The lowest BCUT2D eigenvalue weighted by Gasteiger charge is -2.08. The van der Waals surface area contributed by atoms with Gasteiger partial charge < -0.3 is 0 Å². The molecule has 18 heavy (non-hydrogen) atoms. The van der Waals surface area contributed by atoms with Crippen molar-refractivity contribution in [1.82, 2.24) is 14.5 Å². The van der Waals surface area contributed by atoms with Crippen LogP contribution in [0.5, 0.6) is 0 Å². The highest BCUT2D eigenvalue weighted by Gasteiger charge is 2.32. The van der Waals surface area contributed by atoms with E-state index in [4.69, 9.17) is 12.2 Å². The van der Waals surface area contributed by atoms with Gasteiger partial charge in [-0.3, -0.25) is 14.3 Å². The zero-order valence-corrected chi connectivity index (χ0v) is 9.55. The lowest BCUT2D eigenvalue weighted by molar-refractivity contribution is -0.141. The van der Waals surface area contributed by atoms with Crippen molar-refractivity contribution in [1.29, 1.82) is 0 Å². The summed E-state index contributed by atoms with van der Waals surface area (Å²) in [5, 5.41) is 0. The number of nitrogens with zero attached hydrogens (tertiary/aromatic N) is 2. The van der Waals surface area contributed by atoms with Crippen LogP contribution >= 0.6 is 12.2 Å². The quantitative estimate of drug-likeness (QED) is 0.811. The van der Waals surface area contributed by atoms with Crippen molar-refractivity contribution in [2.45, 2.75) is 6.18 Å². The van der Waals surface area contributed by atoms with E-state index in [9.17, 15) is 18.0 Å². The van der Waals surface area contributed by atoms with Gasteiger partial charge in [-0.15, -0.1) is 0 Å². The molecule has 8 heteroatoms. The molecule has 4 nitrogen and oxygen atoms in total. The number of halogens is 3. The Labute approximate surface area is 104 Å². The van der Waals surface area contributed by atoms with E-state index in [-0.39, 0.29) is 10.3 Å². The van der Waals surface area contributed by atoms with Crippen LogP contribution in [0.1, 0.15) is 5.69 Å². The van der Waals surface area contributed by atoms with Crippen molar-refractivity contribution in [3.8, 4) is 5.69 Å². The van der Waals surface area contributed by atoms with Crippen LogP contribution in [0.2, 0.25) is 0 Å². The zero-order valence-electron chi connectivity index (χ0n) is 8.73. The number of hydrogen-bond acceptors (Lipinski definition) is 3. The first-order valence-electron chi connectivity index (χ1n) is 4.73. The molecule has 0 aliphatic rings. The molecule has 2 aromatic heterocycles. The van der Waals surface area contributed by atoms with Gasteiger partial charge in [-0.1, -0.05) is 0 Å². The minimum absolute atomic E-state index is 0.0871. The lowest BCUT2D eigenvalue weighted by Crippen LogP contribution is -2.11. The molecule has 0 saturated carbocycles. The Bertz CT molecular complexity index is 672. The monoisotopic (exact) mass is 273 g/mol. The van der Waals surface area contributed by atoms with Crippen LogP contribution in [0, 0.1) is 4.77 Å². The first-order chi connectivity index (χ1) is 8.38. The summed E-state index contributed by atoms with van der Waals surface area (Å²) in [6.45, 7) is 0. The molecular formula is C10H6F3N3OS. The minimum Gasteiger partial charge on any atom is -0.299 e. The first kappa shape index (κ1) is 12.5. The molecule has 1 N–H and O–H groups in total. The van der Waals surface area contributed by atoms with E-state index in [1.165, 1.54) is 22.9 Å². The maximum Gasteiger partial charge on any atom is 0.433 e. The number of alkyl halides is 3. The van der Waals surface area contributed by atoms with E-state index < -0.39 is 11.9 Å². The molecule has 0 aliphatic carbocycles. The number of H-pyrrole nitrogens is 1. The van der Waals surface area contributed by atoms with Gasteiger partial charge in [0.25, 0.3) is 5.56 Å². The molecule has 94 valence electrons. The molecule has 0 fully saturated rings. The highest BCUT2D eigenvalue weighted by Crippen LogP contribution is 2.27. The van der Waals surface area contributed by atoms with Crippen LogP contribution in [0.25, 0.3) is 5.69 Å². The fourth-order valence-corrected chi connectivity index (χ4v) is 1.58. The van der Waals surface area contributed by atoms with E-state index in [1.807, 2.05) is 0 Å². The average molecular weight is 273 g/mol. The number of aromatic nitrogens is 3. The summed E-state index contributed by atoms with van der Waals surface area (Å²) in [5.41, 5.74) is -1.03. The Hall–Kier alpha value is -1.96. The Morgan fingerprint density at radius 2 is 2.00 bits per heavy atom. The zero-order chi connectivity index (χ0) is 13.3. The molecule has 2 rings (SSSR count). The molecular weight excluding hydrogens is 267 g/mol. The summed E-state index contributed by atoms with van der Waals surface area (Å²) in [5.74, 6) is 0. The highest BCUT2D eigenvalue weighted by molar-refractivity contribution is 7.71. The van der Waals surface area contributed by atoms with Gasteiger partial charge in [-0.2, -0.15) is 13.2 Å². The number of aromatic amines is 1. The Morgan fingerprint density at radius 1 is 1.28 bits per heavy atom. The van der Waals surface area contributed by atoms with E-state index in [0.29, 0.717) is 5.69 Å². The maximum atomic E-state index is 12.3. The summed E-state index contributed by atoms with van der Waals surface area (Å²) in [6, 6.07) is 3.29. The van der Waals surface area contributed by atoms with Gasteiger partial charge in [0.15, 0.2) is 4.77 Å². The fourth-order valence-electron chi connectivity index (χ4n) is 1.32. The molecule has 2 heterocycles. The van der Waals surface area contributed by atoms with Crippen molar-refractivity contribution in [3.05, 3.63) is 51.4 Å². The summed E-state index contributed by atoms with van der Waals surface area (Å²) in [7, 11) is 0. The van der Waals surface area contributed by atoms with E-state index in [0.717, 1.165) is 12.3 Å². The number of nitrogens with one attached hydrogen (secondary N) is 1. The van der Waals surface area contributed by atoms with E-state index in [2.05, 4.69) is 9.97 Å². The second-order valence-corrected chi connectivity index (χ2v) is 3.77. The molecule has 0 saturated heterocycles. The second-order valence-electron chi connectivity index (χ2n) is 3.38. The highest BCUT2D eigenvalue weighted by atomic mass is 32.1. The van der Waals surface area contributed by atoms with Crippen molar-refractivity contribution in [2.24, 2.45) is 0 Å². The molecule has 0 atom stereocenters. The standard InChI is InChI=1S/C10H6F3N3OS/c11-10(12,13)7-2-1-6(5-14-7)16-4-3-8(17)15-9(16)18/h1-5H,(H,15,17,18). The molecule has 0 bridgehead atoms. The van der Waals surface area contributed by atoms with Crippen LogP contribution in [0.3, 0.4) is 0 Å². The molecule has 0 spiro atoms. The van der Waals surface area contributed by atoms with Crippen LogP contribution in [0.15, 0.2) is 35.4 Å². The van der Waals surface area contributed by atoms with Crippen LogP contribution in [0.4, 0.5) is 13.2 Å². The maximum absolute atomic E-state index is 12.3. The fraction of sp³-hybridized carbons (Fsp3) is 0.100. The van der Waals surface area contributed by atoms with Gasteiger partial charge in [0, 0.05) is 12.3 Å². The second kappa shape index (κ2) is 4.37. The number of hydrogen-bond donors (Lipinski definition) is 1.